The fourth-order valence-corrected chi connectivity index (χ4v) is 4.37. The molecule has 3 N–H and O–H groups in total. The fraction of sp³-hybridized carbons (Fsp3) is 0.370. The van der Waals surface area contributed by atoms with Crippen molar-refractivity contribution in [2.24, 2.45) is 5.92 Å². The Morgan fingerprint density at radius 2 is 1.71 bits per heavy atom. The van der Waals surface area contributed by atoms with Crippen molar-refractivity contribution in [2.45, 2.75) is 45.1 Å². The molecule has 0 radical (unpaired) electrons. The van der Waals surface area contributed by atoms with Crippen LogP contribution in [0.5, 0.6) is 0 Å². The van der Waals surface area contributed by atoms with E-state index in [4.69, 9.17) is 11.6 Å². The highest BCUT2D eigenvalue weighted by atomic mass is 35.5. The number of rotatable bonds is 10. The van der Waals surface area contributed by atoms with Crippen LogP contribution in [0.15, 0.2) is 60.8 Å². The molecular weight excluding hydrogens is 446 g/mol. The third-order valence-corrected chi connectivity index (χ3v) is 6.47. The maximum atomic E-state index is 13.0. The molecule has 178 valence electrons. The zero-order valence-corrected chi connectivity index (χ0v) is 20.2. The Kier molecular flexibility index (Phi) is 8.74. The number of halogens is 1. The number of hydrogen-bond acceptors (Lipinski definition) is 5. The average Bonchev–Trinajstić information content (AvgIpc) is 2.88. The van der Waals surface area contributed by atoms with Crippen molar-refractivity contribution >= 4 is 29.3 Å². The highest BCUT2D eigenvalue weighted by Crippen LogP contribution is 2.24. The van der Waals surface area contributed by atoms with Crippen molar-refractivity contribution < 1.29 is 4.79 Å². The van der Waals surface area contributed by atoms with Gasteiger partial charge in [-0.25, -0.2) is 4.98 Å². The number of nitrogens with zero attached hydrogens (tertiary/aromatic N) is 2. The highest BCUT2D eigenvalue weighted by Gasteiger charge is 2.18. The maximum Gasteiger partial charge on any atom is 0.256 e. The van der Waals surface area contributed by atoms with Gasteiger partial charge in [-0.2, -0.15) is 4.98 Å². The second-order valence-corrected chi connectivity index (χ2v) is 9.25. The third kappa shape index (κ3) is 7.19. The second-order valence-electron chi connectivity index (χ2n) is 8.81. The molecule has 3 aromatic rings. The van der Waals surface area contributed by atoms with Crippen molar-refractivity contribution in [2.75, 3.05) is 23.7 Å². The summed E-state index contributed by atoms with van der Waals surface area (Å²) in [4.78, 5) is 22.0. The molecule has 0 saturated heterocycles. The van der Waals surface area contributed by atoms with Crippen LogP contribution >= 0.6 is 11.6 Å². The molecular formula is C27H32ClN5O. The van der Waals surface area contributed by atoms with Crippen molar-refractivity contribution in [3.05, 3.63) is 82.5 Å². The number of hydrogen-bond donors (Lipinski definition) is 3. The van der Waals surface area contributed by atoms with Gasteiger partial charge in [-0.05, 0) is 48.4 Å². The van der Waals surface area contributed by atoms with Gasteiger partial charge in [0.25, 0.3) is 5.91 Å². The lowest BCUT2D eigenvalue weighted by Gasteiger charge is -2.22. The first kappa shape index (κ1) is 24.0. The normalized spacial score (nSPS) is 13.9. The number of carbonyl (C=O) groups is 1. The summed E-state index contributed by atoms with van der Waals surface area (Å²) < 4.78 is 0. The molecule has 34 heavy (non-hydrogen) atoms. The summed E-state index contributed by atoms with van der Waals surface area (Å²) in [7, 11) is 0. The number of nitrogens with one attached hydrogen (secondary N) is 3. The molecule has 1 heterocycles. The maximum absolute atomic E-state index is 13.0. The molecule has 0 aliphatic heterocycles. The highest BCUT2D eigenvalue weighted by molar-refractivity contribution is 6.30. The number of anilines is 2. The van der Waals surface area contributed by atoms with Crippen LogP contribution < -0.4 is 16.0 Å². The molecule has 1 aliphatic rings. The van der Waals surface area contributed by atoms with Crippen LogP contribution in [0.4, 0.5) is 11.8 Å². The summed E-state index contributed by atoms with van der Waals surface area (Å²) >= 11 is 5.98. The zero-order chi connectivity index (χ0) is 23.6. The van der Waals surface area contributed by atoms with Crippen LogP contribution in [0, 0.1) is 5.92 Å². The summed E-state index contributed by atoms with van der Waals surface area (Å²) in [5.74, 6) is 1.52. The Hall–Kier alpha value is -3.12. The molecule has 4 rings (SSSR count). The predicted octanol–water partition coefficient (Wildman–Crippen LogP) is 5.71. The van der Waals surface area contributed by atoms with Gasteiger partial charge in [-0.3, -0.25) is 4.79 Å². The molecule has 0 unspecified atom stereocenters. The molecule has 1 aromatic heterocycles. The lowest BCUT2D eigenvalue weighted by atomic mass is 9.89. The van der Waals surface area contributed by atoms with Crippen molar-refractivity contribution in [1.29, 1.82) is 0 Å². The first-order valence-corrected chi connectivity index (χ1v) is 12.5. The fourth-order valence-electron chi connectivity index (χ4n) is 4.24. The number of aromatic nitrogens is 2. The number of carbonyl (C=O) groups excluding carboxylic acids is 1. The van der Waals surface area contributed by atoms with E-state index in [1.165, 1.54) is 37.7 Å². The van der Waals surface area contributed by atoms with Gasteiger partial charge in [0, 0.05) is 30.9 Å². The van der Waals surface area contributed by atoms with Gasteiger partial charge < -0.3 is 16.0 Å². The molecule has 0 atom stereocenters. The van der Waals surface area contributed by atoms with E-state index in [0.717, 1.165) is 18.5 Å². The van der Waals surface area contributed by atoms with E-state index in [9.17, 15) is 4.79 Å². The molecule has 6 nitrogen and oxygen atoms in total. The van der Waals surface area contributed by atoms with Crippen molar-refractivity contribution in [3.8, 4) is 0 Å². The first-order chi connectivity index (χ1) is 16.7. The molecule has 1 amide bonds. The Labute approximate surface area is 206 Å². The smallest absolute Gasteiger partial charge is 0.256 e. The predicted molar refractivity (Wildman–Crippen MR) is 138 cm³/mol. The van der Waals surface area contributed by atoms with E-state index in [0.29, 0.717) is 41.4 Å². The van der Waals surface area contributed by atoms with E-state index < -0.39 is 0 Å². The van der Waals surface area contributed by atoms with Gasteiger partial charge >= 0.3 is 0 Å². The van der Waals surface area contributed by atoms with E-state index in [2.05, 4.69) is 38.1 Å². The molecule has 1 aliphatic carbocycles. The van der Waals surface area contributed by atoms with E-state index >= 15 is 0 Å². The first-order valence-electron chi connectivity index (χ1n) is 12.1. The Morgan fingerprint density at radius 3 is 2.47 bits per heavy atom. The largest absolute Gasteiger partial charge is 0.369 e. The number of benzene rings is 2. The summed E-state index contributed by atoms with van der Waals surface area (Å²) in [6.45, 7) is 1.95. The van der Waals surface area contributed by atoms with Gasteiger partial charge in [0.1, 0.15) is 11.4 Å². The average molecular weight is 478 g/mol. The third-order valence-electron chi connectivity index (χ3n) is 6.22. The standard InChI is InChI=1S/C27H32ClN5O/c28-23-13-11-22(12-14-23)18-31-27-32-19-24(25(33-27)30-17-21-9-5-2-6-10-21)26(34)29-16-15-20-7-3-1-4-8-20/h1,3-4,7-8,11-14,19,21H,2,5-6,9-10,15-18H2,(H,29,34)(H2,30,31,32,33). The minimum Gasteiger partial charge on any atom is -0.369 e. The van der Waals surface area contributed by atoms with Crippen molar-refractivity contribution in [3.63, 3.8) is 0 Å². The Bertz CT molecular complexity index is 1050. The Morgan fingerprint density at radius 1 is 0.941 bits per heavy atom. The molecule has 0 spiro atoms. The molecule has 1 fully saturated rings. The van der Waals surface area contributed by atoms with Gasteiger partial charge in [0.05, 0.1) is 0 Å². The van der Waals surface area contributed by atoms with E-state index in [-0.39, 0.29) is 5.91 Å². The second kappa shape index (κ2) is 12.4. The molecule has 1 saturated carbocycles. The topological polar surface area (TPSA) is 78.9 Å². The van der Waals surface area contributed by atoms with E-state index in [1.54, 1.807) is 6.20 Å². The Balaban J connectivity index is 1.41. The minimum absolute atomic E-state index is 0.161. The van der Waals surface area contributed by atoms with Crippen LogP contribution in [-0.2, 0) is 13.0 Å². The molecule has 7 heteroatoms. The summed E-state index contributed by atoms with van der Waals surface area (Å²) in [5, 5.41) is 10.4. The van der Waals surface area contributed by atoms with Crippen LogP contribution in [0.3, 0.4) is 0 Å². The molecule has 0 bridgehead atoms. The minimum atomic E-state index is -0.161. The summed E-state index contributed by atoms with van der Waals surface area (Å²) in [5.41, 5.74) is 2.74. The van der Waals surface area contributed by atoms with Crippen LogP contribution in [0.25, 0.3) is 0 Å². The van der Waals surface area contributed by atoms with Crippen LogP contribution in [0.2, 0.25) is 5.02 Å². The monoisotopic (exact) mass is 477 g/mol. The lowest BCUT2D eigenvalue weighted by Crippen LogP contribution is -2.28. The van der Waals surface area contributed by atoms with Gasteiger partial charge in [0.2, 0.25) is 5.95 Å². The zero-order valence-electron chi connectivity index (χ0n) is 19.4. The van der Waals surface area contributed by atoms with Crippen LogP contribution in [0.1, 0.15) is 53.6 Å². The molecule has 2 aromatic carbocycles. The quantitative estimate of drug-likeness (QED) is 0.348. The van der Waals surface area contributed by atoms with E-state index in [1.807, 2.05) is 42.5 Å². The van der Waals surface area contributed by atoms with Gasteiger partial charge in [-0.1, -0.05) is 73.3 Å². The lowest BCUT2D eigenvalue weighted by molar-refractivity contribution is 0.0954. The SMILES string of the molecule is O=C(NCCc1ccccc1)c1cnc(NCc2ccc(Cl)cc2)nc1NCC1CCCCC1. The van der Waals surface area contributed by atoms with Gasteiger partial charge in [0.15, 0.2) is 0 Å². The van der Waals surface area contributed by atoms with Gasteiger partial charge in [-0.15, -0.1) is 0 Å². The van der Waals surface area contributed by atoms with Crippen LogP contribution in [-0.4, -0.2) is 29.0 Å². The summed E-state index contributed by atoms with van der Waals surface area (Å²) in [6, 6.07) is 17.8. The summed E-state index contributed by atoms with van der Waals surface area (Å²) in [6.07, 6.45) is 8.69. The van der Waals surface area contributed by atoms with Crippen molar-refractivity contribution in [1.82, 2.24) is 15.3 Å². The number of amides is 1.